The van der Waals surface area contributed by atoms with Gasteiger partial charge in [-0.15, -0.1) is 0 Å². The zero-order valence-corrected chi connectivity index (χ0v) is 7.57. The van der Waals surface area contributed by atoms with E-state index in [0.29, 0.717) is 5.56 Å². The third-order valence-electron chi connectivity index (χ3n) is 2.30. The van der Waals surface area contributed by atoms with Crippen LogP contribution in [-0.2, 0) is 0 Å². The van der Waals surface area contributed by atoms with Gasteiger partial charge in [-0.25, -0.2) is 0 Å². The quantitative estimate of drug-likeness (QED) is 0.569. The first-order valence-corrected chi connectivity index (χ1v) is 4.39. The van der Waals surface area contributed by atoms with E-state index in [4.69, 9.17) is 10.8 Å². The Kier molecular flexibility index (Phi) is 2.15. The maximum Gasteiger partial charge on any atom is 0.121 e. The molecular weight excluding hydrogens is 180 g/mol. The zero-order chi connectivity index (χ0) is 10.1. The third kappa shape index (κ3) is 1.34. The van der Waals surface area contributed by atoms with Crippen LogP contribution in [0.2, 0.25) is 0 Å². The second-order valence-electron chi connectivity index (χ2n) is 3.27. The first-order valence-electron chi connectivity index (χ1n) is 4.39. The van der Waals surface area contributed by atoms with Crippen LogP contribution in [0.3, 0.4) is 0 Å². The van der Waals surface area contributed by atoms with Crippen molar-refractivity contribution in [2.24, 2.45) is 5.73 Å². The standard InChI is InChI=1S/C10H12N2O2/c11-8(5-13)7-4-9-6(1-2-12-9)3-10(7)14/h1-4,8,12-14H,5,11H2/t8-/m0/s1. The van der Waals surface area contributed by atoms with Gasteiger partial charge in [-0.2, -0.15) is 0 Å². The highest BCUT2D eigenvalue weighted by molar-refractivity contribution is 5.82. The van der Waals surface area contributed by atoms with E-state index >= 15 is 0 Å². The van der Waals surface area contributed by atoms with E-state index in [1.54, 1.807) is 18.3 Å². The van der Waals surface area contributed by atoms with E-state index < -0.39 is 6.04 Å². The summed E-state index contributed by atoms with van der Waals surface area (Å²) in [7, 11) is 0. The van der Waals surface area contributed by atoms with Gasteiger partial charge in [0.2, 0.25) is 0 Å². The Hall–Kier alpha value is -1.52. The molecule has 1 atom stereocenters. The molecule has 0 saturated heterocycles. The molecule has 14 heavy (non-hydrogen) atoms. The Labute approximate surface area is 81.0 Å². The minimum atomic E-state index is -0.539. The highest BCUT2D eigenvalue weighted by Gasteiger charge is 2.11. The van der Waals surface area contributed by atoms with Gasteiger partial charge in [-0.3, -0.25) is 0 Å². The Balaban J connectivity index is 2.58. The minimum absolute atomic E-state index is 0.124. The molecule has 2 rings (SSSR count). The lowest BCUT2D eigenvalue weighted by Gasteiger charge is -2.10. The van der Waals surface area contributed by atoms with Crippen molar-refractivity contribution in [3.05, 3.63) is 30.0 Å². The van der Waals surface area contributed by atoms with Gasteiger partial charge in [0.15, 0.2) is 0 Å². The van der Waals surface area contributed by atoms with Crippen LogP contribution in [0.5, 0.6) is 5.75 Å². The molecule has 1 aromatic carbocycles. The third-order valence-corrected chi connectivity index (χ3v) is 2.30. The molecule has 0 unspecified atom stereocenters. The van der Waals surface area contributed by atoms with Crippen molar-refractivity contribution in [3.8, 4) is 5.75 Å². The molecule has 1 aromatic heterocycles. The fourth-order valence-electron chi connectivity index (χ4n) is 1.50. The number of hydrogen-bond donors (Lipinski definition) is 4. The largest absolute Gasteiger partial charge is 0.508 e. The Bertz CT molecular complexity index is 450. The predicted molar refractivity (Wildman–Crippen MR) is 54.0 cm³/mol. The first-order chi connectivity index (χ1) is 6.72. The zero-order valence-electron chi connectivity index (χ0n) is 7.57. The smallest absolute Gasteiger partial charge is 0.121 e. The van der Waals surface area contributed by atoms with Crippen LogP contribution >= 0.6 is 0 Å². The lowest BCUT2D eigenvalue weighted by Crippen LogP contribution is -2.14. The first kappa shape index (κ1) is 9.05. The van der Waals surface area contributed by atoms with Crippen LogP contribution in [-0.4, -0.2) is 21.8 Å². The molecule has 0 amide bonds. The van der Waals surface area contributed by atoms with Crippen LogP contribution in [0.15, 0.2) is 24.4 Å². The summed E-state index contributed by atoms with van der Waals surface area (Å²) in [4.78, 5) is 3.02. The summed E-state index contributed by atoms with van der Waals surface area (Å²) >= 11 is 0. The summed E-state index contributed by atoms with van der Waals surface area (Å²) in [6, 6.07) is 4.72. The summed E-state index contributed by atoms with van der Waals surface area (Å²) in [5, 5.41) is 19.4. The maximum absolute atomic E-state index is 9.62. The Morgan fingerprint density at radius 2 is 2.21 bits per heavy atom. The molecule has 4 heteroatoms. The number of benzene rings is 1. The summed E-state index contributed by atoms with van der Waals surface area (Å²) < 4.78 is 0. The number of aromatic nitrogens is 1. The van der Waals surface area contributed by atoms with Gasteiger partial charge in [-0.1, -0.05) is 0 Å². The number of aliphatic hydroxyl groups excluding tert-OH is 1. The maximum atomic E-state index is 9.62. The molecule has 0 aliphatic carbocycles. The van der Waals surface area contributed by atoms with Gasteiger partial charge in [0.1, 0.15) is 5.75 Å². The van der Waals surface area contributed by atoms with Crippen molar-refractivity contribution in [1.82, 2.24) is 4.98 Å². The average Bonchev–Trinajstić information content (AvgIpc) is 2.62. The van der Waals surface area contributed by atoms with Gasteiger partial charge in [-0.05, 0) is 18.2 Å². The summed E-state index contributed by atoms with van der Waals surface area (Å²) in [6.45, 7) is -0.181. The highest BCUT2D eigenvalue weighted by Crippen LogP contribution is 2.27. The summed E-state index contributed by atoms with van der Waals surface area (Å²) in [5.41, 5.74) is 7.09. The number of phenolic OH excluding ortho intramolecular Hbond substituents is 1. The van der Waals surface area contributed by atoms with E-state index in [1.165, 1.54) is 0 Å². The van der Waals surface area contributed by atoms with E-state index in [0.717, 1.165) is 10.9 Å². The lowest BCUT2D eigenvalue weighted by molar-refractivity contribution is 0.265. The highest BCUT2D eigenvalue weighted by atomic mass is 16.3. The minimum Gasteiger partial charge on any atom is -0.508 e. The van der Waals surface area contributed by atoms with Gasteiger partial charge >= 0.3 is 0 Å². The fourth-order valence-corrected chi connectivity index (χ4v) is 1.50. The van der Waals surface area contributed by atoms with Crippen molar-refractivity contribution in [1.29, 1.82) is 0 Å². The molecule has 0 saturated carbocycles. The molecule has 0 aliphatic rings. The molecule has 2 aromatic rings. The second kappa shape index (κ2) is 3.32. The lowest BCUT2D eigenvalue weighted by atomic mass is 10.1. The Morgan fingerprint density at radius 3 is 2.93 bits per heavy atom. The molecule has 0 fully saturated rings. The Morgan fingerprint density at radius 1 is 1.43 bits per heavy atom. The van der Waals surface area contributed by atoms with Gasteiger partial charge in [0, 0.05) is 22.7 Å². The van der Waals surface area contributed by atoms with Crippen molar-refractivity contribution < 1.29 is 10.2 Å². The fraction of sp³-hybridized carbons (Fsp3) is 0.200. The van der Waals surface area contributed by atoms with Crippen molar-refractivity contribution in [2.45, 2.75) is 6.04 Å². The number of hydrogen-bond acceptors (Lipinski definition) is 3. The normalized spacial score (nSPS) is 13.3. The molecule has 0 radical (unpaired) electrons. The van der Waals surface area contributed by atoms with E-state index in [9.17, 15) is 5.11 Å². The van der Waals surface area contributed by atoms with Gasteiger partial charge in [0.25, 0.3) is 0 Å². The molecule has 1 heterocycles. The van der Waals surface area contributed by atoms with Crippen LogP contribution < -0.4 is 5.73 Å². The number of rotatable bonds is 2. The van der Waals surface area contributed by atoms with Crippen LogP contribution in [0.25, 0.3) is 10.9 Å². The molecular formula is C10H12N2O2. The van der Waals surface area contributed by atoms with Gasteiger partial charge in [0.05, 0.1) is 12.6 Å². The molecule has 0 bridgehead atoms. The number of fused-ring (bicyclic) bond motifs is 1. The van der Waals surface area contributed by atoms with Crippen molar-refractivity contribution >= 4 is 10.9 Å². The number of nitrogens with one attached hydrogen (secondary N) is 1. The number of aromatic amines is 1. The topological polar surface area (TPSA) is 82.3 Å². The SMILES string of the molecule is N[C@@H](CO)c1cc2[nH]ccc2cc1O. The van der Waals surface area contributed by atoms with Crippen LogP contribution in [0, 0.1) is 0 Å². The van der Waals surface area contributed by atoms with Gasteiger partial charge < -0.3 is 20.9 Å². The predicted octanol–water partition coefficient (Wildman–Crippen LogP) is 0.866. The number of phenols is 1. The number of aromatic hydroxyl groups is 1. The molecule has 0 spiro atoms. The summed E-state index contributed by atoms with van der Waals surface area (Å²) in [6.07, 6.45) is 1.79. The molecule has 5 N–H and O–H groups in total. The van der Waals surface area contributed by atoms with Crippen molar-refractivity contribution in [3.63, 3.8) is 0 Å². The number of H-pyrrole nitrogens is 1. The van der Waals surface area contributed by atoms with E-state index in [-0.39, 0.29) is 12.4 Å². The molecule has 0 aliphatic heterocycles. The van der Waals surface area contributed by atoms with Crippen LogP contribution in [0.4, 0.5) is 0 Å². The van der Waals surface area contributed by atoms with E-state index in [1.807, 2.05) is 6.07 Å². The number of aliphatic hydroxyl groups is 1. The summed E-state index contributed by atoms with van der Waals surface area (Å²) in [5.74, 6) is 0.124. The molecule has 74 valence electrons. The van der Waals surface area contributed by atoms with Crippen LogP contribution in [0.1, 0.15) is 11.6 Å². The van der Waals surface area contributed by atoms with E-state index in [2.05, 4.69) is 4.98 Å². The number of nitrogens with two attached hydrogens (primary N) is 1. The monoisotopic (exact) mass is 192 g/mol. The average molecular weight is 192 g/mol. The van der Waals surface area contributed by atoms with Crippen molar-refractivity contribution in [2.75, 3.05) is 6.61 Å². The second-order valence-corrected chi connectivity index (χ2v) is 3.27. The molecule has 4 nitrogen and oxygen atoms in total.